The maximum Gasteiger partial charge on any atom is 0.236 e. The summed E-state index contributed by atoms with van der Waals surface area (Å²) in [5.41, 5.74) is 7.08. The van der Waals surface area contributed by atoms with Crippen LogP contribution in [0.2, 0.25) is 0 Å². The number of benzene rings is 1. The number of rotatable bonds is 6. The van der Waals surface area contributed by atoms with Crippen LogP contribution in [0.3, 0.4) is 0 Å². The molecule has 3 N–H and O–H groups in total. The van der Waals surface area contributed by atoms with Crippen molar-refractivity contribution in [3.8, 4) is 0 Å². The summed E-state index contributed by atoms with van der Waals surface area (Å²) >= 11 is 2.76. The van der Waals surface area contributed by atoms with Crippen LogP contribution in [-0.4, -0.2) is 22.6 Å². The zero-order valence-electron chi connectivity index (χ0n) is 14.0. The predicted octanol–water partition coefficient (Wildman–Crippen LogP) is 3.20. The zero-order valence-corrected chi connectivity index (χ0v) is 15.6. The Hall–Kier alpha value is -1.86. The third-order valence-corrected chi connectivity index (χ3v) is 5.06. The van der Waals surface area contributed by atoms with Crippen LogP contribution in [0.4, 0.5) is 5.13 Å². The summed E-state index contributed by atoms with van der Waals surface area (Å²) in [6.07, 6.45) is 0.0846. The molecule has 0 aliphatic heterocycles. The van der Waals surface area contributed by atoms with E-state index in [1.54, 1.807) is 5.38 Å². The Balaban J connectivity index is 1.84. The third-order valence-electron chi connectivity index (χ3n) is 3.24. The van der Waals surface area contributed by atoms with Gasteiger partial charge in [-0.2, -0.15) is 0 Å². The van der Waals surface area contributed by atoms with E-state index in [1.165, 1.54) is 28.7 Å². The van der Waals surface area contributed by atoms with Crippen molar-refractivity contribution in [2.75, 3.05) is 11.1 Å². The second kappa shape index (κ2) is 7.81. The Morgan fingerprint density at radius 1 is 1.25 bits per heavy atom. The highest BCUT2D eigenvalue weighted by atomic mass is 32.2. The molecule has 0 saturated carbocycles. The van der Waals surface area contributed by atoms with Crippen LogP contribution in [0.1, 0.15) is 32.0 Å². The molecule has 2 rings (SSSR count). The average Bonchev–Trinajstić information content (AvgIpc) is 2.91. The van der Waals surface area contributed by atoms with Gasteiger partial charge in [0.05, 0.1) is 17.9 Å². The molecule has 5 nitrogen and oxygen atoms in total. The molecule has 24 heavy (non-hydrogen) atoms. The summed E-state index contributed by atoms with van der Waals surface area (Å²) in [5, 5.41) is 4.94. The SMILES string of the molecule is CC(C)(C)c1ccc(SCC(=O)Nc2nc(CC(N)=O)cs2)cc1. The summed E-state index contributed by atoms with van der Waals surface area (Å²) in [5.74, 6) is -0.258. The second-order valence-electron chi connectivity index (χ2n) is 6.40. The molecule has 0 atom stereocenters. The molecule has 0 aliphatic rings. The second-order valence-corrected chi connectivity index (χ2v) is 8.31. The number of hydrogen-bond acceptors (Lipinski definition) is 5. The highest BCUT2D eigenvalue weighted by molar-refractivity contribution is 8.00. The van der Waals surface area contributed by atoms with Crippen molar-refractivity contribution in [1.82, 2.24) is 4.98 Å². The van der Waals surface area contributed by atoms with Gasteiger partial charge in [0.1, 0.15) is 0 Å². The standard InChI is InChI=1S/C17H21N3O2S2/c1-17(2,3)11-4-6-13(7-5-11)23-10-15(22)20-16-19-12(9-24-16)8-14(18)21/h4-7,9H,8,10H2,1-3H3,(H2,18,21)(H,19,20,22). The fraction of sp³-hybridized carbons (Fsp3) is 0.353. The smallest absolute Gasteiger partial charge is 0.236 e. The van der Waals surface area contributed by atoms with Gasteiger partial charge in [-0.25, -0.2) is 4.98 Å². The number of aromatic nitrogens is 1. The molecule has 1 heterocycles. The Morgan fingerprint density at radius 3 is 2.50 bits per heavy atom. The Labute approximate surface area is 150 Å². The fourth-order valence-electron chi connectivity index (χ4n) is 1.98. The van der Waals surface area contributed by atoms with Gasteiger partial charge in [-0.1, -0.05) is 32.9 Å². The van der Waals surface area contributed by atoms with E-state index in [0.717, 1.165) is 4.90 Å². The van der Waals surface area contributed by atoms with Crippen LogP contribution >= 0.6 is 23.1 Å². The number of thiazole rings is 1. The first-order valence-corrected chi connectivity index (χ1v) is 9.36. The van der Waals surface area contributed by atoms with Gasteiger partial charge in [0, 0.05) is 10.3 Å². The van der Waals surface area contributed by atoms with Gasteiger partial charge in [-0.3, -0.25) is 9.59 Å². The topological polar surface area (TPSA) is 85.1 Å². The number of carbonyl (C=O) groups excluding carboxylic acids is 2. The van der Waals surface area contributed by atoms with Crippen LogP contribution < -0.4 is 11.1 Å². The number of hydrogen-bond donors (Lipinski definition) is 2. The van der Waals surface area contributed by atoms with E-state index in [0.29, 0.717) is 16.6 Å². The minimum absolute atomic E-state index is 0.0846. The molecule has 0 unspecified atom stereocenters. The molecule has 0 bridgehead atoms. The average molecular weight is 364 g/mol. The summed E-state index contributed by atoms with van der Waals surface area (Å²) in [6.45, 7) is 6.51. The lowest BCUT2D eigenvalue weighted by Gasteiger charge is -2.19. The van der Waals surface area contributed by atoms with Crippen molar-refractivity contribution in [2.45, 2.75) is 37.5 Å². The minimum atomic E-state index is -0.438. The van der Waals surface area contributed by atoms with Gasteiger partial charge in [0.2, 0.25) is 11.8 Å². The van der Waals surface area contributed by atoms with Gasteiger partial charge in [-0.05, 0) is 23.1 Å². The molecule has 128 valence electrons. The third kappa shape index (κ3) is 5.65. The molecule has 1 aromatic carbocycles. The number of nitrogens with zero attached hydrogens (tertiary/aromatic N) is 1. The highest BCUT2D eigenvalue weighted by Gasteiger charge is 2.13. The fourth-order valence-corrected chi connectivity index (χ4v) is 3.40. The summed E-state index contributed by atoms with van der Waals surface area (Å²) in [7, 11) is 0. The largest absolute Gasteiger partial charge is 0.369 e. The number of anilines is 1. The van der Waals surface area contributed by atoms with E-state index < -0.39 is 5.91 Å². The molecular weight excluding hydrogens is 342 g/mol. The van der Waals surface area contributed by atoms with Crippen molar-refractivity contribution >= 4 is 40.0 Å². The van der Waals surface area contributed by atoms with E-state index in [4.69, 9.17) is 5.73 Å². The Kier molecular flexibility index (Phi) is 6.01. The maximum atomic E-state index is 12.0. The van der Waals surface area contributed by atoms with Crippen molar-refractivity contribution in [3.63, 3.8) is 0 Å². The maximum absolute atomic E-state index is 12.0. The van der Waals surface area contributed by atoms with Gasteiger partial charge >= 0.3 is 0 Å². The number of nitrogens with two attached hydrogens (primary N) is 1. The van der Waals surface area contributed by atoms with E-state index >= 15 is 0 Å². The normalized spacial score (nSPS) is 11.3. The van der Waals surface area contributed by atoms with Crippen LogP contribution in [0.5, 0.6) is 0 Å². The number of carbonyl (C=O) groups is 2. The summed E-state index contributed by atoms with van der Waals surface area (Å²) < 4.78 is 0. The molecule has 2 aromatic rings. The number of thioether (sulfide) groups is 1. The lowest BCUT2D eigenvalue weighted by atomic mass is 9.87. The quantitative estimate of drug-likeness (QED) is 0.772. The molecule has 0 radical (unpaired) electrons. The molecule has 7 heteroatoms. The van der Waals surface area contributed by atoms with Gasteiger partial charge in [-0.15, -0.1) is 23.1 Å². The van der Waals surface area contributed by atoms with Crippen molar-refractivity contribution in [2.24, 2.45) is 5.73 Å². The molecule has 2 amide bonds. The first-order chi connectivity index (χ1) is 11.2. The highest BCUT2D eigenvalue weighted by Crippen LogP contribution is 2.26. The molecule has 0 fully saturated rings. The number of nitrogens with one attached hydrogen (secondary N) is 1. The first kappa shape index (κ1) is 18.5. The van der Waals surface area contributed by atoms with E-state index in [9.17, 15) is 9.59 Å². The molecule has 0 saturated heterocycles. The van der Waals surface area contributed by atoms with Crippen LogP contribution in [0, 0.1) is 0 Å². The Morgan fingerprint density at radius 2 is 1.92 bits per heavy atom. The lowest BCUT2D eigenvalue weighted by molar-refractivity contribution is -0.117. The van der Waals surface area contributed by atoms with Crippen molar-refractivity contribution < 1.29 is 9.59 Å². The first-order valence-electron chi connectivity index (χ1n) is 7.50. The van der Waals surface area contributed by atoms with Crippen LogP contribution in [-0.2, 0) is 21.4 Å². The molecule has 0 spiro atoms. The van der Waals surface area contributed by atoms with Crippen LogP contribution in [0.25, 0.3) is 0 Å². The van der Waals surface area contributed by atoms with Crippen molar-refractivity contribution in [3.05, 3.63) is 40.9 Å². The minimum Gasteiger partial charge on any atom is -0.369 e. The Bertz CT molecular complexity index is 718. The molecule has 0 aliphatic carbocycles. The van der Waals surface area contributed by atoms with Crippen LogP contribution in [0.15, 0.2) is 34.5 Å². The number of amides is 2. The van der Waals surface area contributed by atoms with Crippen molar-refractivity contribution in [1.29, 1.82) is 0 Å². The lowest BCUT2D eigenvalue weighted by Crippen LogP contribution is -2.15. The van der Waals surface area contributed by atoms with Gasteiger partial charge in [0.25, 0.3) is 0 Å². The van der Waals surface area contributed by atoms with Gasteiger partial charge < -0.3 is 11.1 Å². The van der Waals surface area contributed by atoms with E-state index in [2.05, 4.69) is 43.2 Å². The van der Waals surface area contributed by atoms with E-state index in [1.807, 2.05) is 12.1 Å². The van der Waals surface area contributed by atoms with E-state index in [-0.39, 0.29) is 17.7 Å². The van der Waals surface area contributed by atoms with Gasteiger partial charge in [0.15, 0.2) is 5.13 Å². The summed E-state index contributed by atoms with van der Waals surface area (Å²) in [4.78, 5) is 28.0. The molecular formula is C17H21N3O2S2. The molecule has 1 aromatic heterocycles. The summed E-state index contributed by atoms with van der Waals surface area (Å²) in [6, 6.07) is 8.26. The monoisotopic (exact) mass is 363 g/mol. The zero-order chi connectivity index (χ0) is 17.7. The number of primary amides is 1. The predicted molar refractivity (Wildman–Crippen MR) is 99.5 cm³/mol.